The van der Waals surface area contributed by atoms with Gasteiger partial charge in [0.2, 0.25) is 11.1 Å². The lowest BCUT2D eigenvalue weighted by Gasteiger charge is -2.23. The van der Waals surface area contributed by atoms with Crippen LogP contribution in [0.1, 0.15) is 20.3 Å². The van der Waals surface area contributed by atoms with Gasteiger partial charge in [0.1, 0.15) is 0 Å². The predicted octanol–water partition coefficient (Wildman–Crippen LogP) is -0.540. The molecule has 0 radical (unpaired) electrons. The fourth-order valence-electron chi connectivity index (χ4n) is 1.28. The van der Waals surface area contributed by atoms with Gasteiger partial charge in [0.15, 0.2) is 0 Å². The van der Waals surface area contributed by atoms with E-state index in [1.807, 2.05) is 0 Å². The zero-order valence-electron chi connectivity index (χ0n) is 9.45. The molecule has 0 aromatic carbocycles. The molecule has 1 amide bonds. The molecule has 0 saturated heterocycles. The summed E-state index contributed by atoms with van der Waals surface area (Å²) in [6.07, 6.45) is 0.0681. The van der Waals surface area contributed by atoms with E-state index in [4.69, 9.17) is 10.8 Å². The second-order valence-corrected chi connectivity index (χ2v) is 4.95. The van der Waals surface area contributed by atoms with E-state index in [-0.39, 0.29) is 12.2 Å². The summed E-state index contributed by atoms with van der Waals surface area (Å²) in [5, 5.41) is 19.9. The summed E-state index contributed by atoms with van der Waals surface area (Å²) < 4.78 is 1.41. The molecule has 0 spiro atoms. The highest BCUT2D eigenvalue weighted by Gasteiger charge is 2.27. The zero-order chi connectivity index (χ0) is 13.1. The number of hydrogen-bond donors (Lipinski definition) is 2. The molecule has 0 aliphatic rings. The Kier molecular flexibility index (Phi) is 4.05. The molecule has 1 rings (SSSR count). The minimum Gasteiger partial charge on any atom is -0.481 e. The summed E-state index contributed by atoms with van der Waals surface area (Å²) in [6, 6.07) is 0. The van der Waals surface area contributed by atoms with E-state index < -0.39 is 17.4 Å². The molecular weight excluding hydrogens is 246 g/mol. The summed E-state index contributed by atoms with van der Waals surface area (Å²) in [4.78, 5) is 21.4. The van der Waals surface area contributed by atoms with Crippen molar-refractivity contribution in [1.29, 1.82) is 0 Å². The van der Waals surface area contributed by atoms with E-state index >= 15 is 0 Å². The molecule has 0 fully saturated rings. The number of carbonyl (C=O) groups excluding carboxylic acids is 1. The normalized spacial score (nSPS) is 11.4. The van der Waals surface area contributed by atoms with Crippen LogP contribution < -0.4 is 5.73 Å². The monoisotopic (exact) mass is 259 g/mol. The van der Waals surface area contributed by atoms with Gasteiger partial charge in [0.05, 0.1) is 17.7 Å². The quantitative estimate of drug-likeness (QED) is 0.657. The number of nitrogens with zero attached hydrogens (tertiary/aromatic N) is 4. The van der Waals surface area contributed by atoms with Crippen LogP contribution in [0.3, 0.4) is 0 Å². The first kappa shape index (κ1) is 13.4. The number of rotatable bonds is 6. The van der Waals surface area contributed by atoms with Gasteiger partial charge in [-0.15, -0.1) is 5.10 Å². The van der Waals surface area contributed by atoms with Gasteiger partial charge in [-0.1, -0.05) is 11.8 Å². The smallest absolute Gasteiger partial charge is 0.313 e. The summed E-state index contributed by atoms with van der Waals surface area (Å²) in [7, 11) is 0. The van der Waals surface area contributed by atoms with Crippen molar-refractivity contribution in [3.8, 4) is 0 Å². The van der Waals surface area contributed by atoms with Gasteiger partial charge in [-0.25, -0.2) is 4.68 Å². The standard InChI is InChI=1S/C8H13N5O3S/c1-8(2,3-5(9)14)13-7(10-11-12-13)17-4-6(15)16/h3-4H2,1-2H3,(H2,9,14)(H,15,16). The topological polar surface area (TPSA) is 124 Å². The molecule has 0 atom stereocenters. The van der Waals surface area contributed by atoms with E-state index in [0.29, 0.717) is 5.16 Å². The summed E-state index contributed by atoms with van der Waals surface area (Å²) in [5.74, 6) is -1.58. The number of carboxylic acid groups (broad SMARTS) is 1. The van der Waals surface area contributed by atoms with Crippen LogP contribution in [0.4, 0.5) is 0 Å². The molecule has 1 heterocycles. The Morgan fingerprint density at radius 3 is 2.71 bits per heavy atom. The Labute approximate surface area is 102 Å². The van der Waals surface area contributed by atoms with Crippen molar-refractivity contribution in [2.75, 3.05) is 5.75 Å². The van der Waals surface area contributed by atoms with Crippen molar-refractivity contribution in [1.82, 2.24) is 20.2 Å². The molecule has 0 aliphatic heterocycles. The van der Waals surface area contributed by atoms with Crippen LogP contribution in [0.25, 0.3) is 0 Å². The highest BCUT2D eigenvalue weighted by atomic mass is 32.2. The molecule has 1 aromatic rings. The van der Waals surface area contributed by atoms with Crippen LogP contribution in [0, 0.1) is 0 Å². The van der Waals surface area contributed by atoms with Crippen LogP contribution >= 0.6 is 11.8 Å². The maximum absolute atomic E-state index is 10.9. The maximum atomic E-state index is 10.9. The third-order valence-corrected chi connectivity index (χ3v) is 2.85. The lowest BCUT2D eigenvalue weighted by molar-refractivity contribution is -0.134. The number of amides is 1. The largest absolute Gasteiger partial charge is 0.481 e. The molecule has 1 aromatic heterocycles. The molecule has 3 N–H and O–H groups in total. The van der Waals surface area contributed by atoms with Crippen molar-refractivity contribution < 1.29 is 14.7 Å². The Balaban J connectivity index is 2.86. The van der Waals surface area contributed by atoms with Crippen molar-refractivity contribution in [2.45, 2.75) is 31.0 Å². The lowest BCUT2D eigenvalue weighted by Crippen LogP contribution is -2.33. The first-order chi connectivity index (χ1) is 7.83. The molecular formula is C8H13N5O3S. The van der Waals surface area contributed by atoms with Gasteiger partial charge < -0.3 is 10.8 Å². The summed E-state index contributed by atoms with van der Waals surface area (Å²) in [6.45, 7) is 3.50. The Bertz CT molecular complexity index is 431. The van der Waals surface area contributed by atoms with Gasteiger partial charge >= 0.3 is 5.97 Å². The Morgan fingerprint density at radius 1 is 1.53 bits per heavy atom. The summed E-state index contributed by atoms with van der Waals surface area (Å²) in [5.41, 5.74) is 4.45. The SMILES string of the molecule is CC(C)(CC(N)=O)n1nnnc1SCC(=O)O. The number of nitrogens with two attached hydrogens (primary N) is 1. The molecule has 0 aliphatic carbocycles. The molecule has 94 valence electrons. The van der Waals surface area contributed by atoms with Crippen LogP contribution in [-0.4, -0.2) is 42.9 Å². The molecule has 0 bridgehead atoms. The van der Waals surface area contributed by atoms with E-state index in [0.717, 1.165) is 11.8 Å². The maximum Gasteiger partial charge on any atom is 0.313 e. The summed E-state index contributed by atoms with van der Waals surface area (Å²) >= 11 is 0.991. The van der Waals surface area contributed by atoms with Crippen LogP contribution in [0.2, 0.25) is 0 Å². The number of hydrogen-bond acceptors (Lipinski definition) is 6. The fourth-order valence-corrected chi connectivity index (χ4v) is 2.03. The van der Waals surface area contributed by atoms with Crippen molar-refractivity contribution in [3.63, 3.8) is 0 Å². The van der Waals surface area contributed by atoms with Crippen molar-refractivity contribution >= 4 is 23.6 Å². The van der Waals surface area contributed by atoms with E-state index in [9.17, 15) is 9.59 Å². The number of tetrazole rings is 1. The fraction of sp³-hybridized carbons (Fsp3) is 0.625. The highest BCUT2D eigenvalue weighted by Crippen LogP contribution is 2.24. The molecule has 0 unspecified atom stereocenters. The third-order valence-electron chi connectivity index (χ3n) is 1.95. The number of primary amides is 1. The molecule has 8 nitrogen and oxygen atoms in total. The zero-order valence-corrected chi connectivity index (χ0v) is 10.3. The minimum absolute atomic E-state index is 0.0681. The van der Waals surface area contributed by atoms with Crippen molar-refractivity contribution in [3.05, 3.63) is 0 Å². The van der Waals surface area contributed by atoms with Crippen LogP contribution in [0.5, 0.6) is 0 Å². The average molecular weight is 259 g/mol. The number of aromatic nitrogens is 4. The first-order valence-corrected chi connectivity index (χ1v) is 5.73. The van der Waals surface area contributed by atoms with Gasteiger partial charge in [-0.3, -0.25) is 9.59 Å². The number of aliphatic carboxylic acids is 1. The van der Waals surface area contributed by atoms with Crippen LogP contribution in [-0.2, 0) is 15.1 Å². The van der Waals surface area contributed by atoms with E-state index in [1.165, 1.54) is 4.68 Å². The molecule has 9 heteroatoms. The number of carbonyl (C=O) groups is 2. The van der Waals surface area contributed by atoms with E-state index in [2.05, 4.69) is 15.5 Å². The van der Waals surface area contributed by atoms with Crippen LogP contribution in [0.15, 0.2) is 5.16 Å². The van der Waals surface area contributed by atoms with E-state index in [1.54, 1.807) is 13.8 Å². The lowest BCUT2D eigenvalue weighted by atomic mass is 10.0. The molecule has 17 heavy (non-hydrogen) atoms. The third kappa shape index (κ3) is 3.70. The Hall–Kier alpha value is -1.64. The van der Waals surface area contributed by atoms with Crippen molar-refractivity contribution in [2.24, 2.45) is 5.73 Å². The number of thioether (sulfide) groups is 1. The first-order valence-electron chi connectivity index (χ1n) is 4.74. The second-order valence-electron chi connectivity index (χ2n) is 4.01. The van der Waals surface area contributed by atoms with Gasteiger partial charge in [-0.05, 0) is 24.3 Å². The Morgan fingerprint density at radius 2 is 2.18 bits per heavy atom. The highest BCUT2D eigenvalue weighted by molar-refractivity contribution is 7.99. The number of carboxylic acids is 1. The van der Waals surface area contributed by atoms with Gasteiger partial charge in [0.25, 0.3) is 0 Å². The van der Waals surface area contributed by atoms with Gasteiger partial charge in [-0.2, -0.15) is 0 Å². The molecule has 0 saturated carbocycles. The van der Waals surface area contributed by atoms with Gasteiger partial charge in [0, 0.05) is 0 Å². The predicted molar refractivity (Wildman–Crippen MR) is 59.3 cm³/mol. The average Bonchev–Trinajstić information content (AvgIpc) is 2.60. The second kappa shape index (κ2) is 5.13. The minimum atomic E-state index is -0.961.